The Morgan fingerprint density at radius 2 is 1.83 bits per heavy atom. The SMILES string of the molecule is CCNC(=O)COc1ccc(CN=C(NCC)N2CC(C)CC(C)C2)cc1OC. The second kappa shape index (κ2) is 11.5. The van der Waals surface area contributed by atoms with Crippen LogP contribution in [-0.2, 0) is 11.3 Å². The third-order valence-electron chi connectivity index (χ3n) is 4.88. The first-order valence-electron chi connectivity index (χ1n) is 10.6. The summed E-state index contributed by atoms with van der Waals surface area (Å²) >= 11 is 0. The van der Waals surface area contributed by atoms with Crippen molar-refractivity contribution in [1.29, 1.82) is 0 Å². The number of rotatable bonds is 8. The van der Waals surface area contributed by atoms with Crippen LogP contribution in [0.2, 0.25) is 0 Å². The Balaban J connectivity index is 2.07. The number of carbonyl (C=O) groups excluding carboxylic acids is 1. The summed E-state index contributed by atoms with van der Waals surface area (Å²) in [5.41, 5.74) is 1.03. The molecule has 0 bridgehead atoms. The molecule has 1 aliphatic heterocycles. The number of aliphatic imine (C=N–C) groups is 1. The number of nitrogens with one attached hydrogen (secondary N) is 2. The number of amides is 1. The maximum atomic E-state index is 11.6. The van der Waals surface area contributed by atoms with Gasteiger partial charge < -0.3 is 25.0 Å². The molecule has 1 saturated heterocycles. The molecule has 0 saturated carbocycles. The van der Waals surface area contributed by atoms with Crippen molar-refractivity contribution in [2.45, 2.75) is 40.7 Å². The highest BCUT2D eigenvalue weighted by molar-refractivity contribution is 5.80. The van der Waals surface area contributed by atoms with Crippen LogP contribution in [0.4, 0.5) is 0 Å². The van der Waals surface area contributed by atoms with E-state index in [1.54, 1.807) is 7.11 Å². The Bertz CT molecular complexity index is 683. The average molecular weight is 405 g/mol. The van der Waals surface area contributed by atoms with Crippen molar-refractivity contribution < 1.29 is 14.3 Å². The summed E-state index contributed by atoms with van der Waals surface area (Å²) in [6.45, 7) is 12.6. The Kier molecular flexibility index (Phi) is 9.09. The zero-order valence-electron chi connectivity index (χ0n) is 18.5. The van der Waals surface area contributed by atoms with Crippen molar-refractivity contribution in [3.05, 3.63) is 23.8 Å². The highest BCUT2D eigenvalue weighted by atomic mass is 16.5. The van der Waals surface area contributed by atoms with E-state index < -0.39 is 0 Å². The fourth-order valence-electron chi connectivity index (χ4n) is 3.75. The van der Waals surface area contributed by atoms with E-state index in [0.29, 0.717) is 36.4 Å². The van der Waals surface area contributed by atoms with E-state index >= 15 is 0 Å². The molecule has 0 aromatic heterocycles. The van der Waals surface area contributed by atoms with E-state index in [4.69, 9.17) is 14.5 Å². The molecule has 2 rings (SSSR count). The standard InChI is InChI=1S/C22H36N4O3/c1-6-23-21(27)15-29-19-9-8-18(11-20(19)28-5)12-25-22(24-7-2)26-13-16(3)10-17(4)14-26/h8-9,11,16-17H,6-7,10,12-15H2,1-5H3,(H,23,27)(H,24,25). The number of guanidine groups is 1. The highest BCUT2D eigenvalue weighted by Crippen LogP contribution is 2.28. The summed E-state index contributed by atoms with van der Waals surface area (Å²) in [6, 6.07) is 5.71. The number of methoxy groups -OCH3 is 1. The Morgan fingerprint density at radius 3 is 2.45 bits per heavy atom. The number of likely N-dealkylation sites (N-methyl/N-ethyl adjacent to an activating group) is 1. The van der Waals surface area contributed by atoms with Crippen molar-refractivity contribution in [1.82, 2.24) is 15.5 Å². The van der Waals surface area contributed by atoms with Crippen LogP contribution in [0.25, 0.3) is 0 Å². The summed E-state index contributed by atoms with van der Waals surface area (Å²) in [7, 11) is 1.60. The number of hydrogen-bond acceptors (Lipinski definition) is 4. The van der Waals surface area contributed by atoms with Gasteiger partial charge in [-0.2, -0.15) is 0 Å². The molecule has 2 N–H and O–H groups in total. The van der Waals surface area contributed by atoms with Gasteiger partial charge in [0.05, 0.1) is 13.7 Å². The van der Waals surface area contributed by atoms with Gasteiger partial charge in [0.25, 0.3) is 5.91 Å². The number of nitrogens with zero attached hydrogens (tertiary/aromatic N) is 2. The van der Waals surface area contributed by atoms with E-state index in [9.17, 15) is 4.79 Å². The van der Waals surface area contributed by atoms with Crippen LogP contribution >= 0.6 is 0 Å². The zero-order valence-corrected chi connectivity index (χ0v) is 18.5. The minimum Gasteiger partial charge on any atom is -0.493 e. The molecule has 7 nitrogen and oxygen atoms in total. The van der Waals surface area contributed by atoms with Crippen LogP contribution in [-0.4, -0.2) is 56.7 Å². The van der Waals surface area contributed by atoms with Crippen LogP contribution in [0.5, 0.6) is 11.5 Å². The molecule has 1 aliphatic rings. The fraction of sp³-hybridized carbons (Fsp3) is 0.636. The van der Waals surface area contributed by atoms with Gasteiger partial charge >= 0.3 is 0 Å². The van der Waals surface area contributed by atoms with Gasteiger partial charge in [0.15, 0.2) is 24.1 Å². The van der Waals surface area contributed by atoms with Gasteiger partial charge in [0.2, 0.25) is 0 Å². The Morgan fingerprint density at radius 1 is 1.14 bits per heavy atom. The molecule has 1 heterocycles. The van der Waals surface area contributed by atoms with E-state index in [0.717, 1.165) is 31.2 Å². The Hall–Kier alpha value is -2.44. The van der Waals surface area contributed by atoms with Gasteiger partial charge in [0, 0.05) is 26.2 Å². The fourth-order valence-corrected chi connectivity index (χ4v) is 3.75. The number of carbonyl (C=O) groups is 1. The maximum absolute atomic E-state index is 11.6. The minimum atomic E-state index is -0.150. The molecule has 0 aliphatic carbocycles. The lowest BCUT2D eigenvalue weighted by Crippen LogP contribution is -2.48. The third-order valence-corrected chi connectivity index (χ3v) is 4.88. The van der Waals surface area contributed by atoms with Gasteiger partial charge in [-0.15, -0.1) is 0 Å². The molecule has 1 fully saturated rings. The van der Waals surface area contributed by atoms with Crippen LogP contribution in [0.15, 0.2) is 23.2 Å². The molecule has 162 valence electrons. The normalized spacial score (nSPS) is 19.6. The second-order valence-corrected chi connectivity index (χ2v) is 7.75. The second-order valence-electron chi connectivity index (χ2n) is 7.75. The zero-order chi connectivity index (χ0) is 21.2. The minimum absolute atomic E-state index is 0.0302. The van der Waals surface area contributed by atoms with Crippen LogP contribution in [0.1, 0.15) is 39.7 Å². The largest absolute Gasteiger partial charge is 0.493 e. The lowest BCUT2D eigenvalue weighted by atomic mass is 9.92. The molecule has 1 aromatic carbocycles. The van der Waals surface area contributed by atoms with Crippen molar-refractivity contribution in [3.8, 4) is 11.5 Å². The summed E-state index contributed by atoms with van der Waals surface area (Å²) < 4.78 is 11.0. The number of benzene rings is 1. The number of hydrogen-bond donors (Lipinski definition) is 2. The molecule has 29 heavy (non-hydrogen) atoms. The van der Waals surface area contributed by atoms with Crippen molar-refractivity contribution in [2.75, 3.05) is 39.9 Å². The summed E-state index contributed by atoms with van der Waals surface area (Å²) in [5, 5.41) is 6.14. The molecule has 7 heteroatoms. The molecule has 1 amide bonds. The first-order chi connectivity index (χ1) is 14.0. The average Bonchev–Trinajstić information content (AvgIpc) is 2.69. The molecular weight excluding hydrogens is 368 g/mol. The van der Waals surface area contributed by atoms with E-state index in [-0.39, 0.29) is 12.5 Å². The first-order valence-corrected chi connectivity index (χ1v) is 10.6. The van der Waals surface area contributed by atoms with Gasteiger partial charge in [-0.1, -0.05) is 19.9 Å². The topological polar surface area (TPSA) is 75.2 Å². The monoisotopic (exact) mass is 404 g/mol. The smallest absolute Gasteiger partial charge is 0.257 e. The summed E-state index contributed by atoms with van der Waals surface area (Å²) in [4.78, 5) is 18.8. The van der Waals surface area contributed by atoms with E-state index in [1.807, 2.05) is 25.1 Å². The molecule has 0 radical (unpaired) electrons. The quantitative estimate of drug-likeness (QED) is 0.515. The van der Waals surface area contributed by atoms with Crippen molar-refractivity contribution in [3.63, 3.8) is 0 Å². The lowest BCUT2D eigenvalue weighted by molar-refractivity contribution is -0.123. The molecule has 1 aromatic rings. The number of piperidine rings is 1. The predicted octanol–water partition coefficient (Wildman–Crippen LogP) is 2.65. The van der Waals surface area contributed by atoms with E-state index in [2.05, 4.69) is 36.3 Å². The lowest BCUT2D eigenvalue weighted by Gasteiger charge is -2.37. The van der Waals surface area contributed by atoms with Gasteiger partial charge in [-0.25, -0.2) is 4.99 Å². The van der Waals surface area contributed by atoms with Crippen molar-refractivity contribution in [2.24, 2.45) is 16.8 Å². The number of ether oxygens (including phenoxy) is 2. The Labute approximate surface area is 174 Å². The van der Waals surface area contributed by atoms with Crippen LogP contribution in [0, 0.1) is 11.8 Å². The van der Waals surface area contributed by atoms with Gasteiger partial charge in [-0.3, -0.25) is 4.79 Å². The van der Waals surface area contributed by atoms with E-state index in [1.165, 1.54) is 6.42 Å². The molecular formula is C22H36N4O3. The molecule has 2 atom stereocenters. The van der Waals surface area contributed by atoms with Crippen LogP contribution in [0.3, 0.4) is 0 Å². The highest BCUT2D eigenvalue weighted by Gasteiger charge is 2.24. The number of likely N-dealkylation sites (tertiary alicyclic amines) is 1. The third kappa shape index (κ3) is 7.15. The predicted molar refractivity (Wildman–Crippen MR) is 117 cm³/mol. The maximum Gasteiger partial charge on any atom is 0.257 e. The molecule has 2 unspecified atom stereocenters. The first kappa shape index (κ1) is 22.8. The summed E-state index contributed by atoms with van der Waals surface area (Å²) in [6.07, 6.45) is 1.27. The van der Waals surface area contributed by atoms with Crippen molar-refractivity contribution >= 4 is 11.9 Å². The molecule has 0 spiro atoms. The van der Waals surface area contributed by atoms with Gasteiger partial charge in [0.1, 0.15) is 0 Å². The van der Waals surface area contributed by atoms with Crippen LogP contribution < -0.4 is 20.1 Å². The summed E-state index contributed by atoms with van der Waals surface area (Å²) in [5.74, 6) is 3.31. The van der Waals surface area contributed by atoms with Gasteiger partial charge in [-0.05, 0) is 49.8 Å².